The van der Waals surface area contributed by atoms with Gasteiger partial charge in [0, 0.05) is 12.5 Å². The van der Waals surface area contributed by atoms with Crippen LogP contribution in [0, 0.1) is 23.3 Å². The van der Waals surface area contributed by atoms with Gasteiger partial charge in [0.15, 0.2) is 17.5 Å². The maximum absolute atomic E-state index is 14.2. The van der Waals surface area contributed by atoms with Crippen LogP contribution < -0.4 is 5.46 Å². The molecule has 0 N–H and O–H groups in total. The molecule has 0 aliphatic heterocycles. The van der Waals surface area contributed by atoms with Crippen LogP contribution in [0.15, 0.2) is 30.1 Å². The summed E-state index contributed by atoms with van der Waals surface area (Å²) in [6, 6.07) is 0.135. The molecule has 0 bridgehead atoms. The van der Waals surface area contributed by atoms with Crippen molar-refractivity contribution in [1.29, 1.82) is 0 Å². The summed E-state index contributed by atoms with van der Waals surface area (Å²) in [5.74, 6) is -7.57. The van der Waals surface area contributed by atoms with Gasteiger partial charge in [0.05, 0.1) is 0 Å². The fourth-order valence-electron chi connectivity index (χ4n) is 1.90. The first-order chi connectivity index (χ1) is 8.82. The van der Waals surface area contributed by atoms with E-state index in [1.165, 1.54) is 0 Å². The van der Waals surface area contributed by atoms with E-state index >= 15 is 0 Å². The molecule has 0 radical (unpaired) electrons. The molecule has 1 aliphatic rings. The summed E-state index contributed by atoms with van der Waals surface area (Å²) in [5, 5.41) is 0. The molecule has 0 saturated heterocycles. The van der Waals surface area contributed by atoms with E-state index in [1.807, 2.05) is 0 Å². The molecule has 0 heterocycles. The van der Waals surface area contributed by atoms with E-state index in [9.17, 15) is 26.3 Å². The highest BCUT2D eigenvalue weighted by atomic mass is 19.2. The van der Waals surface area contributed by atoms with Gasteiger partial charge in [-0.05, 0) is 11.5 Å². The molecule has 1 aliphatic carbocycles. The zero-order valence-electron chi connectivity index (χ0n) is 9.49. The van der Waals surface area contributed by atoms with Gasteiger partial charge >= 0.3 is 0 Å². The van der Waals surface area contributed by atoms with Crippen LogP contribution in [-0.2, 0) is 0 Å². The minimum absolute atomic E-state index is 0.135. The van der Waals surface area contributed by atoms with Crippen molar-refractivity contribution in [1.82, 2.24) is 0 Å². The van der Waals surface area contributed by atoms with Crippen molar-refractivity contribution in [3.8, 4) is 0 Å². The molecule has 0 amide bonds. The van der Waals surface area contributed by atoms with Gasteiger partial charge in [0.2, 0.25) is 7.28 Å². The maximum atomic E-state index is 14.2. The van der Waals surface area contributed by atoms with E-state index in [-0.39, 0.29) is 6.07 Å². The molecule has 0 aromatic heterocycles. The fourth-order valence-corrected chi connectivity index (χ4v) is 1.90. The molecule has 100 valence electrons. The number of halogens is 6. The van der Waals surface area contributed by atoms with Crippen molar-refractivity contribution in [2.24, 2.45) is 0 Å². The lowest BCUT2D eigenvalue weighted by atomic mass is 9.54. The summed E-state index contributed by atoms with van der Waals surface area (Å²) in [6.07, 6.45) is 2.29. The molecular formula is C12H7BF6. The van der Waals surface area contributed by atoms with Crippen molar-refractivity contribution in [2.45, 2.75) is 12.0 Å². The van der Waals surface area contributed by atoms with Crippen molar-refractivity contribution < 1.29 is 26.3 Å². The normalized spacial score (nSPS) is 22.3. The van der Waals surface area contributed by atoms with Crippen LogP contribution in [0.25, 0.3) is 0 Å². The molecular weight excluding hydrogens is 269 g/mol. The second-order valence-corrected chi connectivity index (χ2v) is 4.31. The van der Waals surface area contributed by atoms with Crippen LogP contribution in [0.5, 0.6) is 0 Å². The van der Waals surface area contributed by atoms with E-state index in [0.29, 0.717) is 0 Å². The largest absolute Gasteiger partial charge is 0.248 e. The van der Waals surface area contributed by atoms with Crippen LogP contribution >= 0.6 is 0 Å². The highest BCUT2D eigenvalue weighted by Gasteiger charge is 2.35. The first-order valence-corrected chi connectivity index (χ1v) is 5.37. The quantitative estimate of drug-likeness (QED) is 0.337. The van der Waals surface area contributed by atoms with Crippen LogP contribution in [-0.4, -0.2) is 12.8 Å². The van der Waals surface area contributed by atoms with E-state index in [4.69, 9.17) is 0 Å². The Morgan fingerprint density at radius 3 is 2.32 bits per heavy atom. The Morgan fingerprint density at radius 1 is 1.00 bits per heavy atom. The number of rotatable bonds is 2. The van der Waals surface area contributed by atoms with Gasteiger partial charge in [-0.2, -0.15) is 0 Å². The van der Waals surface area contributed by atoms with Crippen LogP contribution in [0.4, 0.5) is 26.3 Å². The Hall–Kier alpha value is -1.66. The molecule has 0 saturated carbocycles. The number of benzene rings is 1. The predicted octanol–water partition coefficient (Wildman–Crippen LogP) is 2.78. The molecule has 1 atom stereocenters. The topological polar surface area (TPSA) is 0 Å². The second kappa shape index (κ2) is 4.79. The van der Waals surface area contributed by atoms with Crippen LogP contribution in [0.3, 0.4) is 0 Å². The summed E-state index contributed by atoms with van der Waals surface area (Å²) in [4.78, 5) is 0. The molecule has 1 unspecified atom stereocenters. The van der Waals surface area contributed by atoms with Crippen LogP contribution in [0.2, 0.25) is 0 Å². The van der Waals surface area contributed by atoms with E-state index in [0.717, 1.165) is 18.2 Å². The van der Waals surface area contributed by atoms with Gasteiger partial charge in [-0.1, -0.05) is 12.2 Å². The summed E-state index contributed by atoms with van der Waals surface area (Å²) in [5.41, 5.74) is -3.31. The van der Waals surface area contributed by atoms with E-state index in [2.05, 4.69) is 0 Å². The number of allylic oxidation sites excluding steroid dienone is 4. The average molecular weight is 276 g/mol. The average Bonchev–Trinajstić information content (AvgIpc) is 2.32. The third-order valence-corrected chi connectivity index (χ3v) is 2.81. The standard InChI is InChI=1S/C12H7BF6/c14-6-2-1-3-12(19,5-6)13-9-7(15)4-8(16)10(17)11(9)18/h1-4,13H,5H2. The van der Waals surface area contributed by atoms with Gasteiger partial charge < -0.3 is 0 Å². The zero-order valence-corrected chi connectivity index (χ0v) is 9.49. The Morgan fingerprint density at radius 2 is 1.68 bits per heavy atom. The Labute approximate surface area is 105 Å². The molecule has 0 fully saturated rings. The highest BCUT2D eigenvalue weighted by Crippen LogP contribution is 2.27. The van der Waals surface area contributed by atoms with Gasteiger partial charge in [-0.25, -0.2) is 26.3 Å². The lowest BCUT2D eigenvalue weighted by Gasteiger charge is -2.22. The number of alkyl halides is 1. The third kappa shape index (κ3) is 2.69. The number of hydrogen-bond donors (Lipinski definition) is 0. The van der Waals surface area contributed by atoms with Crippen molar-refractivity contribution in [3.63, 3.8) is 0 Å². The van der Waals surface area contributed by atoms with Gasteiger partial charge in [-0.3, -0.25) is 0 Å². The van der Waals surface area contributed by atoms with Gasteiger partial charge in [0.25, 0.3) is 0 Å². The third-order valence-electron chi connectivity index (χ3n) is 2.81. The Kier molecular flexibility index (Phi) is 3.47. The first-order valence-electron chi connectivity index (χ1n) is 5.37. The Bertz CT molecular complexity index is 580. The molecule has 2 rings (SSSR count). The fraction of sp³-hybridized carbons (Fsp3) is 0.167. The van der Waals surface area contributed by atoms with Gasteiger partial charge in [0.1, 0.15) is 17.2 Å². The van der Waals surface area contributed by atoms with Crippen molar-refractivity contribution >= 4 is 12.7 Å². The molecule has 19 heavy (non-hydrogen) atoms. The lowest BCUT2D eigenvalue weighted by Crippen LogP contribution is -2.41. The SMILES string of the molecule is FC1=CC=CC(F)(Bc2c(F)cc(F)c(F)c2F)C1. The minimum atomic E-state index is -2.37. The smallest absolute Gasteiger partial charge is 0.217 e. The van der Waals surface area contributed by atoms with Gasteiger partial charge in [-0.15, -0.1) is 0 Å². The molecule has 0 nitrogen and oxygen atoms in total. The second-order valence-electron chi connectivity index (χ2n) is 4.31. The number of hydrogen-bond acceptors (Lipinski definition) is 0. The lowest BCUT2D eigenvalue weighted by molar-refractivity contribution is 0.315. The monoisotopic (exact) mass is 276 g/mol. The summed E-state index contributed by atoms with van der Waals surface area (Å²) in [7, 11) is -0.917. The summed E-state index contributed by atoms with van der Waals surface area (Å²) < 4.78 is 79.6. The van der Waals surface area contributed by atoms with E-state index in [1.54, 1.807) is 0 Å². The zero-order chi connectivity index (χ0) is 14.2. The highest BCUT2D eigenvalue weighted by molar-refractivity contribution is 6.57. The first kappa shape index (κ1) is 13.8. The van der Waals surface area contributed by atoms with E-state index < -0.39 is 53.8 Å². The molecule has 7 heteroatoms. The predicted molar refractivity (Wildman–Crippen MR) is 59.8 cm³/mol. The van der Waals surface area contributed by atoms with Crippen molar-refractivity contribution in [3.05, 3.63) is 53.4 Å². The molecule has 1 aromatic carbocycles. The maximum Gasteiger partial charge on any atom is 0.217 e. The van der Waals surface area contributed by atoms with Crippen molar-refractivity contribution in [2.75, 3.05) is 0 Å². The minimum Gasteiger partial charge on any atom is -0.248 e. The molecule has 1 aromatic rings. The Balaban J connectivity index is 2.37. The van der Waals surface area contributed by atoms with Crippen LogP contribution in [0.1, 0.15) is 6.42 Å². The summed E-state index contributed by atoms with van der Waals surface area (Å²) in [6.45, 7) is 0. The molecule has 0 spiro atoms. The summed E-state index contributed by atoms with van der Waals surface area (Å²) >= 11 is 0.